The van der Waals surface area contributed by atoms with Crippen LogP contribution in [0.2, 0.25) is 0 Å². The Hall–Kier alpha value is -1.19. The van der Waals surface area contributed by atoms with Crippen LogP contribution in [0.1, 0.15) is 0 Å². The van der Waals surface area contributed by atoms with Crippen LogP contribution in [0, 0.1) is 0 Å². The summed E-state index contributed by atoms with van der Waals surface area (Å²) in [6, 6.07) is 16.0. The Labute approximate surface area is 123 Å². The summed E-state index contributed by atoms with van der Waals surface area (Å²) in [6.45, 7) is 0. The number of rotatable bonds is 1. The summed E-state index contributed by atoms with van der Waals surface area (Å²) in [5.41, 5.74) is 8.94. The molecule has 0 heterocycles. The van der Waals surface area contributed by atoms with Crippen LogP contribution in [-0.4, -0.2) is 19.2 Å². The molecule has 0 saturated carbocycles. The Balaban J connectivity index is 0.000000312. The third-order valence-corrected chi connectivity index (χ3v) is 2.78. The molecule has 4 nitrogen and oxygen atoms in total. The Morgan fingerprint density at radius 2 is 1.42 bits per heavy atom. The van der Waals surface area contributed by atoms with Gasteiger partial charge in [0.2, 0.25) is 0 Å². The molecular weight excluding hydrogens is 357 g/mol. The van der Waals surface area contributed by atoms with Gasteiger partial charge in [0.25, 0.3) is 10.1 Å². The van der Waals surface area contributed by atoms with E-state index in [1.54, 1.807) is 0 Å². The first kappa shape index (κ1) is 15.9. The summed E-state index contributed by atoms with van der Waals surface area (Å²) >= 11 is 3.23. The van der Waals surface area contributed by atoms with E-state index >= 15 is 0 Å². The van der Waals surface area contributed by atoms with Gasteiger partial charge in [0.05, 0.1) is 6.26 Å². The van der Waals surface area contributed by atoms with E-state index in [2.05, 4.69) is 25.3 Å². The number of para-hydroxylation sites is 1. The number of hydrogen-bond donors (Lipinski definition) is 2. The fourth-order valence-electron chi connectivity index (χ4n) is 1.40. The molecule has 0 unspecified atom stereocenters. The first-order valence-electron chi connectivity index (χ1n) is 5.28. The maximum atomic E-state index is 9.19. The molecule has 0 bridgehead atoms. The van der Waals surface area contributed by atoms with Crippen LogP contribution in [0.25, 0.3) is 11.1 Å². The van der Waals surface area contributed by atoms with Gasteiger partial charge in [-0.1, -0.05) is 0 Å². The Morgan fingerprint density at radius 1 is 1.00 bits per heavy atom. The van der Waals surface area contributed by atoms with Gasteiger partial charge in [-0.05, 0) is 0 Å². The second-order valence-corrected chi connectivity index (χ2v) is 6.07. The predicted octanol–water partition coefficient (Wildman–Crippen LogP) is 1.61. The van der Waals surface area contributed by atoms with Crippen molar-refractivity contribution in [2.45, 2.75) is 0 Å². The van der Waals surface area contributed by atoms with E-state index < -0.39 is 10.1 Å². The van der Waals surface area contributed by atoms with Crippen molar-refractivity contribution >= 4 is 19.8 Å². The molecule has 0 aliphatic rings. The van der Waals surface area contributed by atoms with Crippen molar-refractivity contribution in [2.75, 3.05) is 12.0 Å². The molecule has 0 aromatic heterocycles. The molecule has 0 amide bonds. The van der Waals surface area contributed by atoms with Crippen molar-refractivity contribution in [1.29, 1.82) is 0 Å². The first-order valence-corrected chi connectivity index (χ1v) is 7.90. The first-order chi connectivity index (χ1) is 8.79. The number of hydrogen-bond acceptors (Lipinski definition) is 3. The molecule has 3 N–H and O–H groups in total. The summed E-state index contributed by atoms with van der Waals surface area (Å²) in [5.74, 6) is 0. The van der Waals surface area contributed by atoms with Crippen molar-refractivity contribution in [1.82, 2.24) is 0 Å². The Bertz CT molecular complexity index is 605. The van der Waals surface area contributed by atoms with Gasteiger partial charge < -0.3 is 0 Å². The quantitative estimate of drug-likeness (QED) is 0.454. The average molecular weight is 371 g/mol. The van der Waals surface area contributed by atoms with E-state index in [9.17, 15) is 8.42 Å². The molecule has 0 atom stereocenters. The van der Waals surface area contributed by atoms with Crippen LogP contribution in [-0.2, 0) is 29.3 Å². The zero-order valence-electron chi connectivity index (χ0n) is 10.2. The average Bonchev–Trinajstić information content (AvgIpc) is 2.29. The molecule has 0 aliphatic carbocycles. The molecule has 0 aliphatic heterocycles. The van der Waals surface area contributed by atoms with Gasteiger partial charge in [0.15, 0.2) is 0 Å². The molecule has 0 fully saturated rings. The molecule has 6 heteroatoms. The van der Waals surface area contributed by atoms with Crippen molar-refractivity contribution in [2.24, 2.45) is 0 Å². The number of nitrogen functional groups attached to an aromatic ring is 1. The predicted molar refractivity (Wildman–Crippen MR) is 73.4 cm³/mol. The van der Waals surface area contributed by atoms with Crippen LogP contribution in [0.5, 0.6) is 0 Å². The normalized spacial score (nSPS) is 10.5. The van der Waals surface area contributed by atoms with E-state index in [-0.39, 0.29) is 0 Å². The van der Waals surface area contributed by atoms with Crippen molar-refractivity contribution in [3.63, 3.8) is 0 Å². The number of anilines is 1. The summed E-state index contributed by atoms with van der Waals surface area (Å²) in [6.07, 6.45) is 0.715. The minimum absolute atomic E-state index is 0.715. The Morgan fingerprint density at radius 3 is 1.89 bits per heavy atom. The monoisotopic (exact) mass is 370 g/mol. The van der Waals surface area contributed by atoms with Gasteiger partial charge in [-0.25, -0.2) is 0 Å². The van der Waals surface area contributed by atoms with Gasteiger partial charge in [-0.15, -0.1) is 0 Å². The fraction of sp³-hybridized carbons (Fsp3) is 0.0769. The third-order valence-electron chi connectivity index (χ3n) is 2.10. The van der Waals surface area contributed by atoms with Gasteiger partial charge in [0, 0.05) is 0 Å². The Kier molecular flexibility index (Phi) is 5.70. The molecule has 0 radical (unpaired) electrons. The van der Waals surface area contributed by atoms with E-state index in [1.165, 1.54) is 0 Å². The molecule has 0 spiro atoms. The zero-order chi connectivity index (χ0) is 14.5. The van der Waals surface area contributed by atoms with Gasteiger partial charge in [-0.2, -0.15) is 8.42 Å². The van der Waals surface area contributed by atoms with Crippen LogP contribution < -0.4 is 9.77 Å². The number of nitrogens with two attached hydrogens (primary N) is 1. The molecule has 19 heavy (non-hydrogen) atoms. The van der Waals surface area contributed by atoms with Crippen molar-refractivity contribution in [3.05, 3.63) is 48.5 Å². The van der Waals surface area contributed by atoms with Crippen molar-refractivity contribution in [3.8, 4) is 11.1 Å². The molecule has 2 rings (SSSR count). The SMILES string of the molecule is CS(=O)(=O)O.Nc1ccccc1-c1cccc[c]1[Pd]. The topological polar surface area (TPSA) is 80.4 Å². The minimum atomic E-state index is -3.67. The molecule has 2 aromatic carbocycles. The van der Waals surface area contributed by atoms with Crippen LogP contribution >= 0.6 is 0 Å². The van der Waals surface area contributed by atoms with Gasteiger partial charge in [0.1, 0.15) is 0 Å². The summed E-state index contributed by atoms with van der Waals surface area (Å²) in [5, 5.41) is 0. The molecule has 2 aromatic rings. The maximum absolute atomic E-state index is 9.19. The second kappa shape index (κ2) is 6.83. The van der Waals surface area contributed by atoms with Gasteiger partial charge >= 0.3 is 94.3 Å². The molecule has 105 valence electrons. The summed E-state index contributed by atoms with van der Waals surface area (Å²) in [7, 11) is -3.67. The standard InChI is InChI=1S/C12H10N.CH4O3S.Pd/c13-12-9-5-4-8-11(12)10-6-2-1-3-7-10;1-5(2,3)4;/h1-6,8-9H,13H2;1H3,(H,2,3,4);. The van der Waals surface area contributed by atoms with E-state index in [1.807, 2.05) is 42.5 Å². The van der Waals surface area contributed by atoms with Crippen LogP contribution in [0.3, 0.4) is 0 Å². The van der Waals surface area contributed by atoms with E-state index in [0.29, 0.717) is 6.26 Å². The van der Waals surface area contributed by atoms with Gasteiger partial charge in [-0.3, -0.25) is 4.55 Å². The molecular formula is C13H14NO3PdS. The van der Waals surface area contributed by atoms with Crippen LogP contribution in [0.15, 0.2) is 48.5 Å². The fourth-order valence-corrected chi connectivity index (χ4v) is 1.89. The van der Waals surface area contributed by atoms with E-state index in [0.717, 1.165) is 20.9 Å². The second-order valence-electron chi connectivity index (χ2n) is 3.77. The van der Waals surface area contributed by atoms with E-state index in [4.69, 9.17) is 10.3 Å². The molecule has 0 saturated heterocycles. The third kappa shape index (κ3) is 5.99. The van der Waals surface area contributed by atoms with Crippen molar-refractivity contribution < 1.29 is 32.2 Å². The summed E-state index contributed by atoms with van der Waals surface area (Å²) in [4.78, 5) is 0. The number of benzene rings is 2. The van der Waals surface area contributed by atoms with Crippen LogP contribution in [0.4, 0.5) is 5.69 Å². The summed E-state index contributed by atoms with van der Waals surface area (Å²) < 4.78 is 27.0. The zero-order valence-corrected chi connectivity index (χ0v) is 12.6.